The van der Waals surface area contributed by atoms with Crippen LogP contribution in [0, 0.1) is 0 Å². The summed E-state index contributed by atoms with van der Waals surface area (Å²) in [5.74, 6) is 0.935. The van der Waals surface area contributed by atoms with Crippen molar-refractivity contribution in [2.24, 2.45) is 0 Å². The highest BCUT2D eigenvalue weighted by Crippen LogP contribution is 2.36. The minimum atomic E-state index is -0.508. The van der Waals surface area contributed by atoms with Gasteiger partial charge < -0.3 is 19.9 Å². The highest BCUT2D eigenvalue weighted by molar-refractivity contribution is 6.33. The van der Waals surface area contributed by atoms with Crippen LogP contribution in [0.4, 0.5) is 10.6 Å². The number of aromatic nitrogens is 3. The van der Waals surface area contributed by atoms with Crippen molar-refractivity contribution in [3.63, 3.8) is 0 Å². The SMILES string of the molecule is CC(C)(C)OC(=O)N1CCC(c2cc3c(-c4nc(NCc5ccccc5)ccc4Cl)ccnc3[nH]2)C1. The van der Waals surface area contributed by atoms with Crippen LogP contribution in [0.5, 0.6) is 0 Å². The zero-order valence-electron chi connectivity index (χ0n) is 20.7. The number of ether oxygens (including phenoxy) is 1. The fourth-order valence-corrected chi connectivity index (χ4v) is 4.71. The molecule has 4 aromatic rings. The standard InChI is InChI=1S/C28H30ClN5O2/c1-28(2,3)36-27(35)34-14-12-19(17-34)23-15-21-20(11-13-30-26(21)32-23)25-22(29)9-10-24(33-25)31-16-18-7-5-4-6-8-18/h4-11,13,15,19H,12,14,16-17H2,1-3H3,(H,30,32)(H,31,33). The molecule has 1 aromatic carbocycles. The van der Waals surface area contributed by atoms with E-state index in [0.717, 1.165) is 34.5 Å². The highest BCUT2D eigenvalue weighted by Gasteiger charge is 2.31. The molecule has 0 radical (unpaired) electrons. The van der Waals surface area contributed by atoms with E-state index in [4.69, 9.17) is 21.3 Å². The maximum absolute atomic E-state index is 12.5. The third-order valence-electron chi connectivity index (χ3n) is 6.25. The van der Waals surface area contributed by atoms with Gasteiger partial charge in [-0.1, -0.05) is 41.9 Å². The number of hydrogen-bond acceptors (Lipinski definition) is 5. The van der Waals surface area contributed by atoms with Crippen molar-refractivity contribution >= 4 is 34.5 Å². The number of nitrogens with zero attached hydrogens (tertiary/aromatic N) is 3. The van der Waals surface area contributed by atoms with Gasteiger partial charge in [-0.2, -0.15) is 0 Å². The molecular formula is C28H30ClN5O2. The summed E-state index contributed by atoms with van der Waals surface area (Å²) < 4.78 is 5.55. The van der Waals surface area contributed by atoms with Crippen LogP contribution >= 0.6 is 11.6 Å². The number of halogens is 1. The van der Waals surface area contributed by atoms with E-state index in [1.807, 2.05) is 57.2 Å². The minimum absolute atomic E-state index is 0.182. The molecular weight excluding hydrogens is 474 g/mol. The van der Waals surface area contributed by atoms with Crippen LogP contribution in [-0.2, 0) is 11.3 Å². The number of benzene rings is 1. The lowest BCUT2D eigenvalue weighted by Gasteiger charge is -2.24. The van der Waals surface area contributed by atoms with Crippen molar-refractivity contribution in [1.82, 2.24) is 19.9 Å². The molecule has 4 heterocycles. The molecule has 3 aromatic heterocycles. The number of aromatic amines is 1. The van der Waals surface area contributed by atoms with Gasteiger partial charge in [-0.25, -0.2) is 14.8 Å². The number of nitrogens with one attached hydrogen (secondary N) is 2. The smallest absolute Gasteiger partial charge is 0.410 e. The van der Waals surface area contributed by atoms with Crippen LogP contribution in [-0.4, -0.2) is 44.6 Å². The Balaban J connectivity index is 1.38. The quantitative estimate of drug-likeness (QED) is 0.320. The van der Waals surface area contributed by atoms with E-state index in [2.05, 4.69) is 33.5 Å². The molecule has 0 aliphatic carbocycles. The molecule has 7 nitrogen and oxygen atoms in total. The fraction of sp³-hybridized carbons (Fsp3) is 0.321. The average Bonchev–Trinajstić information content (AvgIpc) is 3.51. The van der Waals surface area contributed by atoms with Crippen molar-refractivity contribution in [2.45, 2.75) is 45.3 Å². The molecule has 5 rings (SSSR count). The molecule has 8 heteroatoms. The van der Waals surface area contributed by atoms with E-state index in [-0.39, 0.29) is 12.0 Å². The third kappa shape index (κ3) is 5.31. The molecule has 1 saturated heterocycles. The second-order valence-electron chi connectivity index (χ2n) is 10.1. The van der Waals surface area contributed by atoms with Crippen molar-refractivity contribution < 1.29 is 9.53 Å². The second-order valence-corrected chi connectivity index (χ2v) is 10.5. The number of anilines is 1. The molecule has 1 fully saturated rings. The van der Waals surface area contributed by atoms with Gasteiger partial charge in [0.2, 0.25) is 0 Å². The molecule has 1 unspecified atom stereocenters. The summed E-state index contributed by atoms with van der Waals surface area (Å²) in [6.45, 7) is 7.59. The Kier molecular flexibility index (Phi) is 6.58. The van der Waals surface area contributed by atoms with Crippen LogP contribution < -0.4 is 5.32 Å². The maximum atomic E-state index is 12.5. The zero-order chi connectivity index (χ0) is 25.3. The molecule has 0 saturated carbocycles. The number of hydrogen-bond donors (Lipinski definition) is 2. The largest absolute Gasteiger partial charge is 0.444 e. The Morgan fingerprint density at radius 1 is 1.19 bits per heavy atom. The van der Waals surface area contributed by atoms with Crippen molar-refractivity contribution in [3.8, 4) is 11.3 Å². The van der Waals surface area contributed by atoms with Gasteiger partial charge in [0.05, 0.1) is 10.7 Å². The zero-order valence-corrected chi connectivity index (χ0v) is 21.5. The Hall–Kier alpha value is -3.58. The highest BCUT2D eigenvalue weighted by atomic mass is 35.5. The lowest BCUT2D eigenvalue weighted by atomic mass is 10.0. The summed E-state index contributed by atoms with van der Waals surface area (Å²) in [5.41, 5.74) is 4.11. The monoisotopic (exact) mass is 503 g/mol. The van der Waals surface area contributed by atoms with Gasteiger partial charge in [0.15, 0.2) is 0 Å². The fourth-order valence-electron chi connectivity index (χ4n) is 4.50. The molecule has 2 N–H and O–H groups in total. The molecule has 1 amide bonds. The van der Waals surface area contributed by atoms with E-state index in [0.29, 0.717) is 30.4 Å². The van der Waals surface area contributed by atoms with Crippen LogP contribution in [0.25, 0.3) is 22.3 Å². The van der Waals surface area contributed by atoms with Gasteiger partial charge in [0.25, 0.3) is 0 Å². The van der Waals surface area contributed by atoms with Crippen LogP contribution in [0.1, 0.15) is 44.4 Å². The third-order valence-corrected chi connectivity index (χ3v) is 6.56. The summed E-state index contributed by atoms with van der Waals surface area (Å²) in [7, 11) is 0. The minimum Gasteiger partial charge on any atom is -0.444 e. The Morgan fingerprint density at radius 2 is 2.00 bits per heavy atom. The number of H-pyrrole nitrogens is 1. The maximum Gasteiger partial charge on any atom is 0.410 e. The molecule has 186 valence electrons. The van der Waals surface area contributed by atoms with Gasteiger partial charge >= 0.3 is 6.09 Å². The summed E-state index contributed by atoms with van der Waals surface area (Å²) >= 11 is 6.61. The Bertz CT molecular complexity index is 1380. The predicted molar refractivity (Wildman–Crippen MR) is 143 cm³/mol. The van der Waals surface area contributed by atoms with E-state index in [9.17, 15) is 4.79 Å². The van der Waals surface area contributed by atoms with E-state index < -0.39 is 5.60 Å². The summed E-state index contributed by atoms with van der Waals surface area (Å²) in [6.07, 6.45) is 2.36. The van der Waals surface area contributed by atoms with E-state index in [1.165, 1.54) is 5.56 Å². The molecule has 36 heavy (non-hydrogen) atoms. The number of carbonyl (C=O) groups excluding carboxylic acids is 1. The predicted octanol–water partition coefficient (Wildman–Crippen LogP) is 6.61. The molecule has 1 atom stereocenters. The number of pyridine rings is 2. The van der Waals surface area contributed by atoms with Crippen molar-refractivity contribution in [2.75, 3.05) is 18.4 Å². The van der Waals surface area contributed by atoms with E-state index >= 15 is 0 Å². The Morgan fingerprint density at radius 3 is 2.78 bits per heavy atom. The first-order chi connectivity index (χ1) is 17.3. The number of likely N-dealkylation sites (tertiary alicyclic amines) is 1. The average molecular weight is 504 g/mol. The summed E-state index contributed by atoms with van der Waals surface area (Å²) in [4.78, 5) is 27.1. The first-order valence-corrected chi connectivity index (χ1v) is 12.5. The summed E-state index contributed by atoms with van der Waals surface area (Å²) in [5, 5.41) is 4.92. The lowest BCUT2D eigenvalue weighted by Crippen LogP contribution is -2.35. The van der Waals surface area contributed by atoms with Gasteiger partial charge in [-0.05, 0) is 57.0 Å². The van der Waals surface area contributed by atoms with Gasteiger partial charge in [0, 0.05) is 48.4 Å². The van der Waals surface area contributed by atoms with Crippen LogP contribution in [0.3, 0.4) is 0 Å². The summed E-state index contributed by atoms with van der Waals surface area (Å²) in [6, 6.07) is 18.0. The lowest BCUT2D eigenvalue weighted by molar-refractivity contribution is 0.0292. The molecule has 0 spiro atoms. The number of fused-ring (bicyclic) bond motifs is 1. The normalized spacial score (nSPS) is 15.9. The first-order valence-electron chi connectivity index (χ1n) is 12.2. The van der Waals surface area contributed by atoms with Crippen molar-refractivity contribution in [3.05, 3.63) is 77.1 Å². The number of carbonyl (C=O) groups is 1. The number of rotatable bonds is 5. The van der Waals surface area contributed by atoms with Gasteiger partial charge in [-0.3, -0.25) is 0 Å². The van der Waals surface area contributed by atoms with Crippen molar-refractivity contribution in [1.29, 1.82) is 0 Å². The molecule has 0 bridgehead atoms. The molecule has 1 aliphatic heterocycles. The van der Waals surface area contributed by atoms with Crippen LogP contribution in [0.15, 0.2) is 60.8 Å². The molecule has 1 aliphatic rings. The second kappa shape index (κ2) is 9.82. The first kappa shape index (κ1) is 24.1. The number of amides is 1. The van der Waals surface area contributed by atoms with Gasteiger partial charge in [-0.15, -0.1) is 0 Å². The Labute approximate surface area is 215 Å². The van der Waals surface area contributed by atoms with Gasteiger partial charge in [0.1, 0.15) is 17.1 Å². The van der Waals surface area contributed by atoms with Crippen LogP contribution in [0.2, 0.25) is 5.02 Å². The van der Waals surface area contributed by atoms with E-state index in [1.54, 1.807) is 11.1 Å². The topological polar surface area (TPSA) is 83.1 Å².